The molecule has 2 fully saturated rings. The number of carbonyl (C=O) groups is 1. The maximum atomic E-state index is 13.0. The van der Waals surface area contributed by atoms with Crippen molar-refractivity contribution in [3.63, 3.8) is 0 Å². The van der Waals surface area contributed by atoms with Crippen LogP contribution in [0, 0.1) is 5.92 Å². The quantitative estimate of drug-likeness (QED) is 0.510. The van der Waals surface area contributed by atoms with Gasteiger partial charge in [-0.3, -0.25) is 9.79 Å². The SMILES string of the molecule is CN=C(NCc1cccc(S(=O)(=O)N2CCCCC2)c1)N1CCC(CC(=O)NC)CC1. The number of aliphatic imine (C=N–C) groups is 1. The zero-order valence-electron chi connectivity index (χ0n) is 18.6. The van der Waals surface area contributed by atoms with Crippen LogP contribution >= 0.6 is 0 Å². The molecule has 0 radical (unpaired) electrons. The fourth-order valence-corrected chi connectivity index (χ4v) is 5.88. The molecule has 9 heteroatoms. The van der Waals surface area contributed by atoms with Gasteiger partial charge in [0.1, 0.15) is 0 Å². The highest BCUT2D eigenvalue weighted by Gasteiger charge is 2.26. The van der Waals surface area contributed by atoms with E-state index in [1.54, 1.807) is 36.6 Å². The molecule has 2 aliphatic rings. The van der Waals surface area contributed by atoms with Crippen LogP contribution in [-0.4, -0.2) is 69.8 Å². The van der Waals surface area contributed by atoms with Gasteiger partial charge in [0.15, 0.2) is 5.96 Å². The van der Waals surface area contributed by atoms with Gasteiger partial charge >= 0.3 is 0 Å². The van der Waals surface area contributed by atoms with Gasteiger partial charge in [-0.25, -0.2) is 8.42 Å². The molecule has 0 unspecified atom stereocenters. The fraction of sp³-hybridized carbons (Fsp3) is 0.636. The van der Waals surface area contributed by atoms with Crippen LogP contribution in [0.1, 0.15) is 44.1 Å². The summed E-state index contributed by atoms with van der Waals surface area (Å²) in [5, 5.41) is 6.07. The molecule has 2 heterocycles. The lowest BCUT2D eigenvalue weighted by atomic mass is 9.93. The van der Waals surface area contributed by atoms with Gasteiger partial charge in [-0.2, -0.15) is 4.31 Å². The molecule has 0 bridgehead atoms. The van der Waals surface area contributed by atoms with Gasteiger partial charge in [0.2, 0.25) is 15.9 Å². The second-order valence-electron chi connectivity index (χ2n) is 8.32. The zero-order chi connectivity index (χ0) is 22.3. The molecule has 1 amide bonds. The van der Waals surface area contributed by atoms with Gasteiger partial charge in [0.05, 0.1) is 4.90 Å². The normalized spacial score (nSPS) is 19.3. The Bertz CT molecular complexity index is 873. The first-order valence-corrected chi connectivity index (χ1v) is 12.6. The van der Waals surface area contributed by atoms with Gasteiger partial charge in [-0.15, -0.1) is 0 Å². The van der Waals surface area contributed by atoms with Gasteiger partial charge in [0.25, 0.3) is 0 Å². The first-order valence-electron chi connectivity index (χ1n) is 11.2. The number of carbonyl (C=O) groups excluding carboxylic acids is 1. The van der Waals surface area contributed by atoms with Crippen molar-refractivity contribution in [2.45, 2.75) is 50.0 Å². The Morgan fingerprint density at radius 3 is 2.48 bits per heavy atom. The number of nitrogens with zero attached hydrogens (tertiary/aromatic N) is 3. The predicted octanol–water partition coefficient (Wildman–Crippen LogP) is 1.78. The molecule has 2 aliphatic heterocycles. The van der Waals surface area contributed by atoms with Crippen LogP contribution < -0.4 is 10.6 Å². The number of piperidine rings is 2. The summed E-state index contributed by atoms with van der Waals surface area (Å²) in [6.07, 6.45) is 5.44. The first kappa shape index (κ1) is 23.5. The standard InChI is InChI=1S/C22H35N5O3S/c1-23-21(28)16-18-9-13-26(14-10-18)22(24-2)25-17-19-7-6-8-20(15-19)31(29,30)27-11-4-3-5-12-27/h6-8,15,18H,3-5,9-14,16-17H2,1-2H3,(H,23,28)(H,24,25). The summed E-state index contributed by atoms with van der Waals surface area (Å²) in [6.45, 7) is 3.42. The van der Waals surface area contributed by atoms with E-state index in [9.17, 15) is 13.2 Å². The van der Waals surface area contributed by atoms with Crippen molar-refractivity contribution in [3.05, 3.63) is 29.8 Å². The Hall–Kier alpha value is -2.13. The van der Waals surface area contributed by atoms with Gasteiger partial charge in [-0.05, 0) is 49.3 Å². The maximum Gasteiger partial charge on any atom is 0.243 e. The summed E-state index contributed by atoms with van der Waals surface area (Å²) < 4.78 is 27.5. The van der Waals surface area contributed by atoms with Crippen LogP contribution in [0.3, 0.4) is 0 Å². The van der Waals surface area contributed by atoms with Crippen LogP contribution in [0.5, 0.6) is 0 Å². The van der Waals surface area contributed by atoms with Gasteiger partial charge in [-0.1, -0.05) is 18.6 Å². The Labute approximate surface area is 186 Å². The van der Waals surface area contributed by atoms with Crippen LogP contribution in [0.2, 0.25) is 0 Å². The third-order valence-corrected chi connectivity index (χ3v) is 8.08. The minimum atomic E-state index is -3.44. The Morgan fingerprint density at radius 1 is 1.13 bits per heavy atom. The van der Waals surface area contributed by atoms with Gasteiger partial charge in [0, 0.05) is 53.2 Å². The number of hydrogen-bond donors (Lipinski definition) is 2. The van der Waals surface area contributed by atoms with E-state index in [2.05, 4.69) is 20.5 Å². The number of hydrogen-bond acceptors (Lipinski definition) is 4. The molecular weight excluding hydrogens is 414 g/mol. The molecule has 0 saturated carbocycles. The Balaban J connectivity index is 1.57. The van der Waals surface area contributed by atoms with E-state index in [4.69, 9.17) is 0 Å². The number of benzene rings is 1. The zero-order valence-corrected chi connectivity index (χ0v) is 19.5. The molecule has 2 saturated heterocycles. The summed E-state index contributed by atoms with van der Waals surface area (Å²) in [6, 6.07) is 7.19. The average Bonchev–Trinajstić information content (AvgIpc) is 2.81. The summed E-state index contributed by atoms with van der Waals surface area (Å²) in [4.78, 5) is 18.6. The highest BCUT2D eigenvalue weighted by molar-refractivity contribution is 7.89. The van der Waals surface area contributed by atoms with E-state index < -0.39 is 10.0 Å². The maximum absolute atomic E-state index is 13.0. The molecule has 0 spiro atoms. The molecule has 31 heavy (non-hydrogen) atoms. The van der Waals surface area contributed by atoms with Crippen molar-refractivity contribution in [2.75, 3.05) is 40.3 Å². The second-order valence-corrected chi connectivity index (χ2v) is 10.3. The van der Waals surface area contributed by atoms with E-state index in [0.717, 1.165) is 56.7 Å². The first-order chi connectivity index (χ1) is 14.9. The molecule has 2 N–H and O–H groups in total. The van der Waals surface area contributed by atoms with E-state index in [-0.39, 0.29) is 5.91 Å². The molecule has 1 aromatic rings. The van der Waals surface area contributed by atoms with Crippen LogP contribution in [0.15, 0.2) is 34.2 Å². The van der Waals surface area contributed by atoms with Crippen molar-refractivity contribution < 1.29 is 13.2 Å². The summed E-state index contributed by atoms with van der Waals surface area (Å²) in [5.74, 6) is 1.31. The molecule has 0 aromatic heterocycles. The molecule has 0 atom stereocenters. The monoisotopic (exact) mass is 449 g/mol. The lowest BCUT2D eigenvalue weighted by molar-refractivity contribution is -0.121. The van der Waals surface area contributed by atoms with Crippen LogP contribution in [0.25, 0.3) is 0 Å². The lowest BCUT2D eigenvalue weighted by Crippen LogP contribution is -2.45. The number of sulfonamides is 1. The highest BCUT2D eigenvalue weighted by Crippen LogP contribution is 2.22. The minimum absolute atomic E-state index is 0.0975. The van der Waals surface area contributed by atoms with E-state index in [1.165, 1.54) is 0 Å². The summed E-state index contributed by atoms with van der Waals surface area (Å²) >= 11 is 0. The lowest BCUT2D eigenvalue weighted by Gasteiger charge is -2.34. The largest absolute Gasteiger partial charge is 0.359 e. The Morgan fingerprint density at radius 2 is 1.84 bits per heavy atom. The van der Waals surface area contributed by atoms with Crippen molar-refractivity contribution in [1.82, 2.24) is 19.8 Å². The predicted molar refractivity (Wildman–Crippen MR) is 122 cm³/mol. The third-order valence-electron chi connectivity index (χ3n) is 6.18. The topological polar surface area (TPSA) is 94.1 Å². The molecule has 8 nitrogen and oxygen atoms in total. The Kier molecular flexibility index (Phi) is 8.31. The number of nitrogens with one attached hydrogen (secondary N) is 2. The van der Waals surface area contributed by atoms with Crippen molar-refractivity contribution >= 4 is 21.9 Å². The number of rotatable bonds is 6. The molecule has 0 aliphatic carbocycles. The highest BCUT2D eigenvalue weighted by atomic mass is 32.2. The molecule has 1 aromatic carbocycles. The number of likely N-dealkylation sites (tertiary alicyclic amines) is 1. The van der Waals surface area contributed by atoms with Gasteiger partial charge < -0.3 is 15.5 Å². The molecular formula is C22H35N5O3S. The van der Waals surface area contributed by atoms with Crippen molar-refractivity contribution in [3.8, 4) is 0 Å². The smallest absolute Gasteiger partial charge is 0.243 e. The summed E-state index contributed by atoms with van der Waals surface area (Å²) in [5.41, 5.74) is 0.911. The van der Waals surface area contributed by atoms with Crippen molar-refractivity contribution in [2.24, 2.45) is 10.9 Å². The third kappa shape index (κ3) is 6.20. The van der Waals surface area contributed by atoms with Crippen molar-refractivity contribution in [1.29, 1.82) is 0 Å². The second kappa shape index (κ2) is 10.9. The minimum Gasteiger partial charge on any atom is -0.359 e. The van der Waals surface area contributed by atoms with Crippen LogP contribution in [-0.2, 0) is 21.4 Å². The fourth-order valence-electron chi connectivity index (χ4n) is 4.30. The number of guanidine groups is 1. The van der Waals surface area contributed by atoms with Crippen LogP contribution in [0.4, 0.5) is 0 Å². The number of amides is 1. The molecule has 3 rings (SSSR count). The average molecular weight is 450 g/mol. The van der Waals surface area contributed by atoms with E-state index in [0.29, 0.717) is 36.9 Å². The van der Waals surface area contributed by atoms with E-state index in [1.807, 2.05) is 6.07 Å². The van der Waals surface area contributed by atoms with E-state index >= 15 is 0 Å². The molecule has 172 valence electrons. The summed E-state index contributed by atoms with van der Waals surface area (Å²) in [7, 11) is 0.00142.